The molecule has 2 heterocycles. The van der Waals surface area contributed by atoms with Gasteiger partial charge in [0.25, 0.3) is 11.8 Å². The second-order valence-corrected chi connectivity index (χ2v) is 7.43. The fraction of sp³-hybridized carbons (Fsp3) is 0. The smallest absolute Gasteiger partial charge is 0.335 e. The number of halogens is 1. The minimum atomic E-state index is -1.04. The van der Waals surface area contributed by atoms with Crippen LogP contribution in [0.5, 0.6) is 0 Å². The number of carbonyl (C=O) groups excluding carboxylic acids is 3. The number of hydrogen-bond acceptors (Lipinski definition) is 5. The van der Waals surface area contributed by atoms with Gasteiger partial charge in [-0.05, 0) is 54.6 Å². The Hall–Kier alpha value is -3.98. The van der Waals surface area contributed by atoms with Crippen LogP contribution in [0, 0.1) is 0 Å². The van der Waals surface area contributed by atoms with E-state index in [1.54, 1.807) is 48.5 Å². The number of carbonyl (C=O) groups is 4. The third-order valence-corrected chi connectivity index (χ3v) is 5.04. The molecular formula is C22H13BrN2O6. The topological polar surface area (TPSA) is 117 Å². The molecule has 3 aromatic rings. The van der Waals surface area contributed by atoms with Crippen molar-refractivity contribution in [3.63, 3.8) is 0 Å². The van der Waals surface area contributed by atoms with E-state index in [0.717, 1.165) is 9.37 Å². The first-order valence-electron chi connectivity index (χ1n) is 8.94. The number of benzene rings is 2. The number of aromatic carboxylic acids is 1. The number of hydrogen-bond donors (Lipinski definition) is 2. The van der Waals surface area contributed by atoms with Crippen LogP contribution in [-0.2, 0) is 9.59 Å². The Morgan fingerprint density at radius 3 is 2.29 bits per heavy atom. The normalized spacial score (nSPS) is 15.3. The van der Waals surface area contributed by atoms with E-state index in [1.165, 1.54) is 18.2 Å². The Labute approximate surface area is 183 Å². The zero-order chi connectivity index (χ0) is 22.1. The maximum atomic E-state index is 12.9. The molecule has 1 aliphatic heterocycles. The van der Waals surface area contributed by atoms with E-state index in [2.05, 4.69) is 21.2 Å². The van der Waals surface area contributed by atoms with Crippen LogP contribution in [0.25, 0.3) is 17.4 Å². The van der Waals surface area contributed by atoms with Crippen molar-refractivity contribution in [3.05, 3.63) is 82.0 Å². The fourth-order valence-corrected chi connectivity index (χ4v) is 3.25. The van der Waals surface area contributed by atoms with Crippen LogP contribution in [0.4, 0.5) is 10.5 Å². The summed E-state index contributed by atoms with van der Waals surface area (Å²) in [5.74, 6) is -2.00. The highest BCUT2D eigenvalue weighted by atomic mass is 79.9. The van der Waals surface area contributed by atoms with Crippen LogP contribution in [0.15, 0.2) is 75.1 Å². The van der Waals surface area contributed by atoms with Gasteiger partial charge in [0, 0.05) is 10.0 Å². The molecular weight excluding hydrogens is 468 g/mol. The molecule has 0 aliphatic carbocycles. The van der Waals surface area contributed by atoms with Gasteiger partial charge in [0.05, 0.1) is 11.3 Å². The molecule has 4 rings (SSSR count). The summed E-state index contributed by atoms with van der Waals surface area (Å²) in [5, 5.41) is 11.1. The number of carboxylic acid groups (broad SMARTS) is 1. The number of imide groups is 2. The average Bonchev–Trinajstić information content (AvgIpc) is 3.21. The highest BCUT2D eigenvalue weighted by Crippen LogP contribution is 2.26. The molecule has 0 spiro atoms. The third kappa shape index (κ3) is 4.03. The largest absolute Gasteiger partial charge is 0.478 e. The maximum Gasteiger partial charge on any atom is 0.335 e. The van der Waals surface area contributed by atoms with Gasteiger partial charge < -0.3 is 9.52 Å². The zero-order valence-electron chi connectivity index (χ0n) is 15.7. The van der Waals surface area contributed by atoms with Gasteiger partial charge in [0.2, 0.25) is 0 Å². The third-order valence-electron chi connectivity index (χ3n) is 4.52. The Balaban J connectivity index is 1.63. The predicted molar refractivity (Wildman–Crippen MR) is 114 cm³/mol. The van der Waals surface area contributed by atoms with Crippen molar-refractivity contribution in [1.29, 1.82) is 0 Å². The Kier molecular flexibility index (Phi) is 5.26. The van der Waals surface area contributed by atoms with Crippen molar-refractivity contribution in [2.75, 3.05) is 4.90 Å². The molecule has 1 fully saturated rings. The quantitative estimate of drug-likeness (QED) is 0.429. The van der Waals surface area contributed by atoms with Gasteiger partial charge in [-0.15, -0.1) is 0 Å². The summed E-state index contributed by atoms with van der Waals surface area (Å²) in [4.78, 5) is 49.2. The lowest BCUT2D eigenvalue weighted by Crippen LogP contribution is -2.54. The SMILES string of the molecule is O=C1NC(=O)N(c2ccc(Br)cc2)C(=O)C1=Cc1ccc(-c2ccc(C(=O)O)cc2)o1. The molecule has 2 aromatic carbocycles. The molecule has 0 bridgehead atoms. The molecule has 31 heavy (non-hydrogen) atoms. The minimum Gasteiger partial charge on any atom is -0.478 e. The Bertz CT molecular complexity index is 1240. The predicted octanol–water partition coefficient (Wildman–Crippen LogP) is 4.07. The van der Waals surface area contributed by atoms with Gasteiger partial charge in [-0.25, -0.2) is 14.5 Å². The molecule has 1 saturated heterocycles. The lowest BCUT2D eigenvalue weighted by molar-refractivity contribution is -0.122. The Morgan fingerprint density at radius 1 is 0.968 bits per heavy atom. The summed E-state index contributed by atoms with van der Waals surface area (Å²) in [6.45, 7) is 0. The van der Waals surface area contributed by atoms with Crippen molar-refractivity contribution in [3.8, 4) is 11.3 Å². The number of furan rings is 1. The van der Waals surface area contributed by atoms with Crippen molar-refractivity contribution in [2.45, 2.75) is 0 Å². The molecule has 1 aromatic heterocycles. The number of rotatable bonds is 4. The molecule has 0 atom stereocenters. The number of anilines is 1. The standard InChI is InChI=1S/C22H13BrN2O6/c23-14-5-7-15(8-6-14)25-20(27)17(19(26)24-22(25)30)11-16-9-10-18(31-16)12-1-3-13(4-2-12)21(28)29/h1-11H,(H,28,29)(H,24,26,30). The molecule has 154 valence electrons. The first kappa shape index (κ1) is 20.3. The van der Waals surface area contributed by atoms with Gasteiger partial charge in [-0.3, -0.25) is 14.9 Å². The molecule has 0 radical (unpaired) electrons. The first-order chi connectivity index (χ1) is 14.8. The number of nitrogens with zero attached hydrogens (tertiary/aromatic N) is 1. The van der Waals surface area contributed by atoms with Gasteiger partial charge >= 0.3 is 12.0 Å². The zero-order valence-corrected chi connectivity index (χ0v) is 17.3. The summed E-state index contributed by atoms with van der Waals surface area (Å²) in [7, 11) is 0. The van der Waals surface area contributed by atoms with E-state index in [4.69, 9.17) is 9.52 Å². The summed E-state index contributed by atoms with van der Waals surface area (Å²) in [6, 6.07) is 14.9. The molecule has 1 aliphatic rings. The van der Waals surface area contributed by atoms with Crippen LogP contribution in [0.1, 0.15) is 16.1 Å². The second-order valence-electron chi connectivity index (χ2n) is 6.52. The van der Waals surface area contributed by atoms with Gasteiger partial charge in [-0.2, -0.15) is 0 Å². The highest BCUT2D eigenvalue weighted by molar-refractivity contribution is 9.10. The minimum absolute atomic E-state index is 0.139. The van der Waals surface area contributed by atoms with E-state index >= 15 is 0 Å². The van der Waals surface area contributed by atoms with Crippen LogP contribution in [-0.4, -0.2) is 28.9 Å². The average molecular weight is 481 g/mol. The number of barbiturate groups is 1. The maximum absolute atomic E-state index is 12.9. The molecule has 9 heteroatoms. The van der Waals surface area contributed by atoms with Crippen molar-refractivity contribution >= 4 is 51.5 Å². The number of carboxylic acids is 1. The van der Waals surface area contributed by atoms with Crippen molar-refractivity contribution in [2.24, 2.45) is 0 Å². The monoisotopic (exact) mass is 480 g/mol. The van der Waals surface area contributed by atoms with Crippen LogP contribution in [0.2, 0.25) is 0 Å². The van der Waals surface area contributed by atoms with Crippen LogP contribution >= 0.6 is 15.9 Å². The fourth-order valence-electron chi connectivity index (χ4n) is 2.99. The molecule has 8 nitrogen and oxygen atoms in total. The van der Waals surface area contributed by atoms with E-state index in [9.17, 15) is 19.2 Å². The number of amides is 4. The van der Waals surface area contributed by atoms with Gasteiger partial charge in [-0.1, -0.05) is 28.1 Å². The molecule has 2 N–H and O–H groups in total. The number of nitrogens with one attached hydrogen (secondary N) is 1. The van der Waals surface area contributed by atoms with Crippen molar-refractivity contribution < 1.29 is 28.7 Å². The van der Waals surface area contributed by atoms with E-state index in [-0.39, 0.29) is 16.9 Å². The van der Waals surface area contributed by atoms with E-state index in [1.807, 2.05) is 0 Å². The molecule has 0 unspecified atom stereocenters. The lowest BCUT2D eigenvalue weighted by atomic mass is 10.1. The summed E-state index contributed by atoms with van der Waals surface area (Å²) in [5.41, 5.74) is 0.813. The Morgan fingerprint density at radius 2 is 1.65 bits per heavy atom. The van der Waals surface area contributed by atoms with Gasteiger partial charge in [0.15, 0.2) is 0 Å². The van der Waals surface area contributed by atoms with Gasteiger partial charge in [0.1, 0.15) is 17.1 Å². The highest BCUT2D eigenvalue weighted by Gasteiger charge is 2.37. The van der Waals surface area contributed by atoms with E-state index < -0.39 is 23.8 Å². The summed E-state index contributed by atoms with van der Waals surface area (Å²) >= 11 is 3.29. The summed E-state index contributed by atoms with van der Waals surface area (Å²) in [6.07, 6.45) is 1.26. The second kappa shape index (κ2) is 8.04. The lowest BCUT2D eigenvalue weighted by Gasteiger charge is -2.26. The molecule has 4 amide bonds. The van der Waals surface area contributed by atoms with Crippen LogP contribution in [0.3, 0.4) is 0 Å². The number of urea groups is 1. The van der Waals surface area contributed by atoms with Crippen LogP contribution < -0.4 is 10.2 Å². The van der Waals surface area contributed by atoms with E-state index in [0.29, 0.717) is 17.0 Å². The van der Waals surface area contributed by atoms with Crippen molar-refractivity contribution in [1.82, 2.24) is 5.32 Å². The first-order valence-corrected chi connectivity index (χ1v) is 9.73. The molecule has 0 saturated carbocycles. The summed E-state index contributed by atoms with van der Waals surface area (Å²) < 4.78 is 6.46.